The van der Waals surface area contributed by atoms with Gasteiger partial charge in [0.15, 0.2) is 0 Å². The van der Waals surface area contributed by atoms with Crippen LogP contribution in [0.25, 0.3) is 11.0 Å². The number of carbonyl (C=O) groups is 1. The van der Waals surface area contributed by atoms with Crippen LogP contribution in [0.2, 0.25) is 5.02 Å². The fourth-order valence-corrected chi connectivity index (χ4v) is 5.51. The van der Waals surface area contributed by atoms with Crippen LogP contribution in [0.3, 0.4) is 0 Å². The largest absolute Gasteiger partial charge is 0.354 e. The molecule has 37 heavy (non-hydrogen) atoms. The number of pyridine rings is 2. The van der Waals surface area contributed by atoms with Gasteiger partial charge in [0, 0.05) is 23.5 Å². The Hall–Kier alpha value is -3.49. The summed E-state index contributed by atoms with van der Waals surface area (Å²) >= 11 is 5.92. The number of hydrogen-bond donors (Lipinski definition) is 1. The predicted octanol–water partition coefficient (Wildman–Crippen LogP) is 4.67. The molecule has 7 nitrogen and oxygen atoms in total. The second-order valence-corrected chi connectivity index (χ2v) is 11.6. The zero-order chi connectivity index (χ0) is 26.7. The van der Waals surface area contributed by atoms with E-state index < -0.39 is 20.2 Å². The number of rotatable bonds is 8. The fraction of sp³-hybridized carbons (Fsp3) is 0.250. The molecule has 1 amide bonds. The van der Waals surface area contributed by atoms with Crippen LogP contribution in [-0.2, 0) is 27.6 Å². The molecule has 0 spiro atoms. The number of nitrogens with zero attached hydrogens (tertiary/aromatic N) is 2. The molecule has 1 N–H and O–H groups in total. The molecular weight excluding hydrogens is 510 g/mol. The molecule has 0 unspecified atom stereocenters. The zero-order valence-electron chi connectivity index (χ0n) is 20.9. The minimum atomic E-state index is -4.13. The van der Waals surface area contributed by atoms with Gasteiger partial charge < -0.3 is 9.88 Å². The number of aromatic nitrogens is 2. The first-order chi connectivity index (χ1) is 17.6. The Morgan fingerprint density at radius 1 is 1.03 bits per heavy atom. The van der Waals surface area contributed by atoms with Crippen molar-refractivity contribution < 1.29 is 13.2 Å². The van der Waals surface area contributed by atoms with Crippen LogP contribution in [-0.4, -0.2) is 30.4 Å². The van der Waals surface area contributed by atoms with Crippen LogP contribution in [0.4, 0.5) is 0 Å². The maximum atomic E-state index is 13.5. The standard InChI is InChI=1S/C28H28ClN3O4S/c1-18(2)21-7-11-23(12-8-21)37(35,36)25-16-32(28-24(27(25)34)13-4-19(3)31-28)17-26(33)30-15-14-20-5-9-22(29)10-6-20/h4-13,16,18H,14-15,17H2,1-3H3,(H,30,33). The summed E-state index contributed by atoms with van der Waals surface area (Å²) in [7, 11) is -4.13. The lowest BCUT2D eigenvalue weighted by Gasteiger charge is -2.14. The number of nitrogens with one attached hydrogen (secondary N) is 1. The number of aryl methyl sites for hydroxylation is 1. The molecule has 2 heterocycles. The van der Waals surface area contributed by atoms with Crippen molar-refractivity contribution in [1.82, 2.24) is 14.9 Å². The van der Waals surface area contributed by atoms with Crippen molar-refractivity contribution in [3.05, 3.63) is 98.9 Å². The summed E-state index contributed by atoms with van der Waals surface area (Å²) in [5.41, 5.74) is 2.27. The van der Waals surface area contributed by atoms with Crippen molar-refractivity contribution in [3.8, 4) is 0 Å². The Labute approximate surface area is 221 Å². The molecular formula is C28H28ClN3O4S. The molecule has 0 radical (unpaired) electrons. The second kappa shape index (κ2) is 10.9. The Kier molecular flexibility index (Phi) is 7.80. The summed E-state index contributed by atoms with van der Waals surface area (Å²) in [5.74, 6) is -0.0889. The number of hydrogen-bond acceptors (Lipinski definition) is 5. The summed E-state index contributed by atoms with van der Waals surface area (Å²) in [6, 6.07) is 17.1. The van der Waals surface area contributed by atoms with Gasteiger partial charge in [-0.2, -0.15) is 0 Å². The van der Waals surface area contributed by atoms with E-state index in [4.69, 9.17) is 11.6 Å². The summed E-state index contributed by atoms with van der Waals surface area (Å²) in [6.45, 7) is 5.99. The first kappa shape index (κ1) is 26.6. The normalized spacial score (nSPS) is 11.7. The molecule has 0 bridgehead atoms. The smallest absolute Gasteiger partial charge is 0.240 e. The van der Waals surface area contributed by atoms with Gasteiger partial charge in [-0.1, -0.05) is 49.7 Å². The van der Waals surface area contributed by atoms with Crippen LogP contribution in [0.5, 0.6) is 0 Å². The molecule has 0 saturated carbocycles. The fourth-order valence-electron chi connectivity index (χ4n) is 4.01. The van der Waals surface area contributed by atoms with Crippen LogP contribution in [0.15, 0.2) is 81.4 Å². The van der Waals surface area contributed by atoms with E-state index in [1.165, 1.54) is 22.9 Å². The minimum Gasteiger partial charge on any atom is -0.354 e. The van der Waals surface area contributed by atoms with Gasteiger partial charge in [0.1, 0.15) is 17.1 Å². The number of carbonyl (C=O) groups excluding carboxylic acids is 1. The highest BCUT2D eigenvalue weighted by atomic mass is 35.5. The van der Waals surface area contributed by atoms with Gasteiger partial charge in [0.25, 0.3) is 0 Å². The molecule has 9 heteroatoms. The molecule has 192 valence electrons. The lowest BCUT2D eigenvalue weighted by Crippen LogP contribution is -2.30. The SMILES string of the molecule is Cc1ccc2c(=O)c(S(=O)(=O)c3ccc(C(C)C)cc3)cn(CC(=O)NCCc3ccc(Cl)cc3)c2n1. The van der Waals surface area contributed by atoms with Crippen molar-refractivity contribution in [1.29, 1.82) is 0 Å². The van der Waals surface area contributed by atoms with Gasteiger partial charge in [0.2, 0.25) is 21.2 Å². The minimum absolute atomic E-state index is 0.0207. The third kappa shape index (κ3) is 5.92. The van der Waals surface area contributed by atoms with E-state index in [0.717, 1.165) is 11.1 Å². The molecule has 0 aliphatic heterocycles. The van der Waals surface area contributed by atoms with E-state index in [2.05, 4.69) is 10.3 Å². The van der Waals surface area contributed by atoms with E-state index in [-0.39, 0.29) is 34.3 Å². The molecule has 4 aromatic rings. The van der Waals surface area contributed by atoms with Gasteiger partial charge in [-0.3, -0.25) is 9.59 Å². The lowest BCUT2D eigenvalue weighted by molar-refractivity contribution is -0.121. The van der Waals surface area contributed by atoms with E-state index in [1.807, 2.05) is 26.0 Å². The van der Waals surface area contributed by atoms with E-state index in [1.54, 1.807) is 43.3 Å². The summed E-state index contributed by atoms with van der Waals surface area (Å²) in [5, 5.41) is 3.63. The Bertz CT molecular complexity index is 1610. The third-order valence-electron chi connectivity index (χ3n) is 6.14. The highest BCUT2D eigenvalue weighted by Gasteiger charge is 2.25. The van der Waals surface area contributed by atoms with Crippen molar-refractivity contribution in [2.24, 2.45) is 0 Å². The molecule has 2 aromatic heterocycles. The van der Waals surface area contributed by atoms with E-state index >= 15 is 0 Å². The van der Waals surface area contributed by atoms with Crippen molar-refractivity contribution in [2.75, 3.05) is 6.54 Å². The predicted molar refractivity (Wildman–Crippen MR) is 145 cm³/mol. The maximum Gasteiger partial charge on any atom is 0.240 e. The van der Waals surface area contributed by atoms with Crippen LogP contribution in [0.1, 0.15) is 36.6 Å². The summed E-state index contributed by atoms with van der Waals surface area (Å²) in [6.07, 6.45) is 1.83. The molecule has 0 aliphatic rings. The quantitative estimate of drug-likeness (QED) is 0.352. The third-order valence-corrected chi connectivity index (χ3v) is 8.15. The summed E-state index contributed by atoms with van der Waals surface area (Å²) < 4.78 is 28.4. The van der Waals surface area contributed by atoms with Gasteiger partial charge in [0.05, 0.1) is 10.3 Å². The number of amides is 1. The first-order valence-corrected chi connectivity index (χ1v) is 13.8. The first-order valence-electron chi connectivity index (χ1n) is 11.9. The van der Waals surface area contributed by atoms with Gasteiger partial charge in [-0.15, -0.1) is 0 Å². The zero-order valence-corrected chi connectivity index (χ0v) is 22.4. The molecule has 0 atom stereocenters. The summed E-state index contributed by atoms with van der Waals surface area (Å²) in [4.78, 5) is 30.1. The highest BCUT2D eigenvalue weighted by Crippen LogP contribution is 2.23. The number of sulfone groups is 1. The molecule has 4 rings (SSSR count). The Morgan fingerprint density at radius 2 is 1.70 bits per heavy atom. The van der Waals surface area contributed by atoms with Gasteiger partial charge >= 0.3 is 0 Å². The van der Waals surface area contributed by atoms with Crippen molar-refractivity contribution in [3.63, 3.8) is 0 Å². The van der Waals surface area contributed by atoms with Crippen molar-refractivity contribution in [2.45, 2.75) is 49.4 Å². The topological polar surface area (TPSA) is 98.1 Å². The molecule has 0 aliphatic carbocycles. The lowest BCUT2D eigenvalue weighted by atomic mass is 10.0. The number of fused-ring (bicyclic) bond motifs is 1. The van der Waals surface area contributed by atoms with Crippen molar-refractivity contribution >= 4 is 38.4 Å². The number of benzene rings is 2. The molecule has 0 fully saturated rings. The monoisotopic (exact) mass is 537 g/mol. The molecule has 2 aromatic carbocycles. The Balaban J connectivity index is 1.66. The van der Waals surface area contributed by atoms with Crippen LogP contribution >= 0.6 is 11.6 Å². The van der Waals surface area contributed by atoms with Gasteiger partial charge in [-0.25, -0.2) is 13.4 Å². The van der Waals surface area contributed by atoms with E-state index in [9.17, 15) is 18.0 Å². The Morgan fingerprint density at radius 3 is 2.35 bits per heavy atom. The maximum absolute atomic E-state index is 13.5. The van der Waals surface area contributed by atoms with Crippen LogP contribution in [0, 0.1) is 6.92 Å². The highest BCUT2D eigenvalue weighted by molar-refractivity contribution is 7.91. The van der Waals surface area contributed by atoms with E-state index in [0.29, 0.717) is 23.7 Å². The van der Waals surface area contributed by atoms with Gasteiger partial charge in [-0.05, 0) is 66.8 Å². The molecule has 0 saturated heterocycles. The number of halogens is 1. The average Bonchev–Trinajstić information content (AvgIpc) is 2.86. The second-order valence-electron chi connectivity index (χ2n) is 9.23. The van der Waals surface area contributed by atoms with Crippen LogP contribution < -0.4 is 10.7 Å². The average molecular weight is 538 g/mol.